The molecule has 2 rings (SSSR count). The molecule has 0 saturated carbocycles. The van der Waals surface area contributed by atoms with Gasteiger partial charge in [0, 0.05) is 23.5 Å². The van der Waals surface area contributed by atoms with Gasteiger partial charge in [-0.2, -0.15) is 0 Å². The Bertz CT molecular complexity index is 387. The zero-order valence-corrected chi connectivity index (χ0v) is 11.7. The molecule has 1 fully saturated rings. The van der Waals surface area contributed by atoms with E-state index in [1.807, 2.05) is 17.9 Å². The SMILES string of the molecule is Cc1ccoc1C(=O)N1CCCCC1CCBr. The zero-order chi connectivity index (χ0) is 12.3. The van der Waals surface area contributed by atoms with Crippen LogP contribution in [0.3, 0.4) is 0 Å². The van der Waals surface area contributed by atoms with Gasteiger partial charge in [-0.25, -0.2) is 0 Å². The fourth-order valence-corrected chi connectivity index (χ4v) is 2.94. The van der Waals surface area contributed by atoms with Crippen LogP contribution in [0.5, 0.6) is 0 Å². The van der Waals surface area contributed by atoms with E-state index in [0.29, 0.717) is 11.8 Å². The van der Waals surface area contributed by atoms with E-state index in [1.54, 1.807) is 6.26 Å². The van der Waals surface area contributed by atoms with E-state index < -0.39 is 0 Å². The van der Waals surface area contributed by atoms with Gasteiger partial charge in [-0.05, 0) is 38.7 Å². The van der Waals surface area contributed by atoms with Crippen LogP contribution >= 0.6 is 15.9 Å². The molecule has 3 nitrogen and oxygen atoms in total. The first-order chi connectivity index (χ1) is 8.24. The lowest BCUT2D eigenvalue weighted by atomic mass is 9.99. The van der Waals surface area contributed by atoms with Crippen LogP contribution in [0.1, 0.15) is 41.8 Å². The van der Waals surface area contributed by atoms with Crippen molar-refractivity contribution in [2.45, 2.75) is 38.6 Å². The van der Waals surface area contributed by atoms with Crippen molar-refractivity contribution in [2.24, 2.45) is 0 Å². The van der Waals surface area contributed by atoms with Crippen LogP contribution in [0.25, 0.3) is 0 Å². The Hall–Kier alpha value is -0.770. The number of hydrogen-bond donors (Lipinski definition) is 0. The summed E-state index contributed by atoms with van der Waals surface area (Å²) < 4.78 is 5.30. The summed E-state index contributed by atoms with van der Waals surface area (Å²) in [7, 11) is 0. The number of carbonyl (C=O) groups excluding carboxylic acids is 1. The molecule has 1 saturated heterocycles. The van der Waals surface area contributed by atoms with Gasteiger partial charge in [0.05, 0.1) is 6.26 Å². The second kappa shape index (κ2) is 5.71. The van der Waals surface area contributed by atoms with Crippen LogP contribution in [0, 0.1) is 6.92 Å². The van der Waals surface area contributed by atoms with Gasteiger partial charge in [0.2, 0.25) is 0 Å². The van der Waals surface area contributed by atoms with Crippen LogP contribution in [0.4, 0.5) is 0 Å². The lowest BCUT2D eigenvalue weighted by Gasteiger charge is -2.35. The molecule has 1 atom stereocenters. The predicted molar refractivity (Wildman–Crippen MR) is 70.5 cm³/mol. The molecule has 1 aliphatic heterocycles. The molecule has 17 heavy (non-hydrogen) atoms. The molecule has 1 aromatic heterocycles. The molecule has 1 unspecified atom stereocenters. The molecule has 0 spiro atoms. The second-order valence-electron chi connectivity index (χ2n) is 4.56. The van der Waals surface area contributed by atoms with Crippen molar-refractivity contribution in [1.29, 1.82) is 0 Å². The van der Waals surface area contributed by atoms with Crippen molar-refractivity contribution < 1.29 is 9.21 Å². The number of carbonyl (C=O) groups is 1. The maximum atomic E-state index is 12.4. The zero-order valence-electron chi connectivity index (χ0n) is 10.1. The van der Waals surface area contributed by atoms with Crippen LogP contribution in [0.2, 0.25) is 0 Å². The molecule has 1 aliphatic rings. The first-order valence-electron chi connectivity index (χ1n) is 6.15. The molecular weight excluding hydrogens is 282 g/mol. The summed E-state index contributed by atoms with van der Waals surface area (Å²) in [5, 5.41) is 0.943. The van der Waals surface area contributed by atoms with E-state index in [0.717, 1.165) is 36.7 Å². The van der Waals surface area contributed by atoms with Crippen LogP contribution in [-0.2, 0) is 0 Å². The van der Waals surface area contributed by atoms with Crippen molar-refractivity contribution in [2.75, 3.05) is 11.9 Å². The number of likely N-dealkylation sites (tertiary alicyclic amines) is 1. The molecule has 1 amide bonds. The average Bonchev–Trinajstić information content (AvgIpc) is 2.76. The maximum Gasteiger partial charge on any atom is 0.290 e. The Morgan fingerprint density at radius 3 is 3.06 bits per heavy atom. The first kappa shape index (κ1) is 12.7. The van der Waals surface area contributed by atoms with Gasteiger partial charge in [-0.3, -0.25) is 4.79 Å². The van der Waals surface area contributed by atoms with E-state index in [4.69, 9.17) is 4.42 Å². The minimum atomic E-state index is 0.0538. The lowest BCUT2D eigenvalue weighted by Crippen LogP contribution is -2.44. The quantitative estimate of drug-likeness (QED) is 0.802. The van der Waals surface area contributed by atoms with Gasteiger partial charge in [-0.1, -0.05) is 15.9 Å². The lowest BCUT2D eigenvalue weighted by molar-refractivity contribution is 0.0576. The number of furan rings is 1. The number of aryl methyl sites for hydroxylation is 1. The normalized spacial score (nSPS) is 20.6. The molecule has 94 valence electrons. The Morgan fingerprint density at radius 2 is 2.41 bits per heavy atom. The number of piperidine rings is 1. The molecule has 0 aliphatic carbocycles. The predicted octanol–water partition coefficient (Wildman–Crippen LogP) is 3.37. The molecule has 0 radical (unpaired) electrons. The summed E-state index contributed by atoms with van der Waals surface area (Å²) in [6.07, 6.45) is 6.04. The van der Waals surface area contributed by atoms with Crippen molar-refractivity contribution in [1.82, 2.24) is 4.90 Å². The number of rotatable bonds is 3. The minimum Gasteiger partial charge on any atom is -0.459 e. The maximum absolute atomic E-state index is 12.4. The van der Waals surface area contributed by atoms with E-state index in [2.05, 4.69) is 15.9 Å². The molecule has 0 aromatic carbocycles. The largest absolute Gasteiger partial charge is 0.459 e. The molecule has 4 heteroatoms. The van der Waals surface area contributed by atoms with Crippen molar-refractivity contribution in [3.05, 3.63) is 23.7 Å². The van der Waals surface area contributed by atoms with E-state index in [9.17, 15) is 4.79 Å². The Labute approximate surface area is 110 Å². The highest BCUT2D eigenvalue weighted by Gasteiger charge is 2.29. The van der Waals surface area contributed by atoms with E-state index in [1.165, 1.54) is 6.42 Å². The standard InChI is InChI=1S/C13H18BrNO2/c1-10-6-9-17-12(10)13(16)15-8-3-2-4-11(15)5-7-14/h6,9,11H,2-5,7-8H2,1H3. The minimum absolute atomic E-state index is 0.0538. The molecule has 2 heterocycles. The van der Waals surface area contributed by atoms with Crippen LogP contribution in [0.15, 0.2) is 16.7 Å². The molecule has 1 aromatic rings. The van der Waals surface area contributed by atoms with Crippen molar-refractivity contribution in [3.8, 4) is 0 Å². The van der Waals surface area contributed by atoms with Crippen molar-refractivity contribution in [3.63, 3.8) is 0 Å². The number of alkyl halides is 1. The highest BCUT2D eigenvalue weighted by Crippen LogP contribution is 2.23. The molecule has 0 bridgehead atoms. The van der Waals surface area contributed by atoms with Crippen molar-refractivity contribution >= 4 is 21.8 Å². The Kier molecular flexibility index (Phi) is 4.26. The second-order valence-corrected chi connectivity index (χ2v) is 5.35. The number of nitrogens with zero attached hydrogens (tertiary/aromatic N) is 1. The van der Waals surface area contributed by atoms with Crippen LogP contribution in [-0.4, -0.2) is 28.7 Å². The van der Waals surface area contributed by atoms with E-state index >= 15 is 0 Å². The summed E-state index contributed by atoms with van der Waals surface area (Å²) in [6, 6.07) is 2.21. The summed E-state index contributed by atoms with van der Waals surface area (Å²) >= 11 is 3.46. The first-order valence-corrected chi connectivity index (χ1v) is 7.27. The van der Waals surface area contributed by atoms with Crippen LogP contribution < -0.4 is 0 Å². The van der Waals surface area contributed by atoms with Gasteiger partial charge in [0.1, 0.15) is 0 Å². The summed E-state index contributed by atoms with van der Waals surface area (Å²) in [4.78, 5) is 14.4. The third-order valence-electron chi connectivity index (χ3n) is 3.39. The highest BCUT2D eigenvalue weighted by atomic mass is 79.9. The van der Waals surface area contributed by atoms with Gasteiger partial charge in [-0.15, -0.1) is 0 Å². The number of amides is 1. The van der Waals surface area contributed by atoms with E-state index in [-0.39, 0.29) is 5.91 Å². The summed E-state index contributed by atoms with van der Waals surface area (Å²) in [5.74, 6) is 0.560. The summed E-state index contributed by atoms with van der Waals surface area (Å²) in [6.45, 7) is 2.77. The molecule has 0 N–H and O–H groups in total. The third-order valence-corrected chi connectivity index (χ3v) is 3.84. The number of hydrogen-bond acceptors (Lipinski definition) is 2. The highest BCUT2D eigenvalue weighted by molar-refractivity contribution is 9.09. The average molecular weight is 300 g/mol. The Balaban J connectivity index is 2.14. The topological polar surface area (TPSA) is 33.5 Å². The smallest absolute Gasteiger partial charge is 0.290 e. The number of halogens is 1. The fraction of sp³-hybridized carbons (Fsp3) is 0.615. The fourth-order valence-electron chi connectivity index (χ4n) is 2.42. The summed E-state index contributed by atoms with van der Waals surface area (Å²) in [5.41, 5.74) is 0.929. The Morgan fingerprint density at radius 1 is 1.59 bits per heavy atom. The molecular formula is C13H18BrNO2. The monoisotopic (exact) mass is 299 g/mol. The van der Waals surface area contributed by atoms with Gasteiger partial charge >= 0.3 is 0 Å². The van der Waals surface area contributed by atoms with Gasteiger partial charge in [0.25, 0.3) is 5.91 Å². The third kappa shape index (κ3) is 2.73. The van der Waals surface area contributed by atoms with Gasteiger partial charge in [0.15, 0.2) is 5.76 Å². The van der Waals surface area contributed by atoms with Gasteiger partial charge < -0.3 is 9.32 Å².